The number of oxazole rings is 1. The van der Waals surface area contributed by atoms with Crippen molar-refractivity contribution in [2.45, 2.75) is 38.3 Å². The van der Waals surface area contributed by atoms with Gasteiger partial charge in [-0.3, -0.25) is 4.79 Å². The SMILES string of the molecule is CCc1ocnc1C(=O)NC(c1cc(F)ccc1OC)C1CC(O)C1. The number of aryl methyl sites for hydroxylation is 1. The molecule has 0 saturated heterocycles. The first-order chi connectivity index (χ1) is 12.0. The average Bonchev–Trinajstić information content (AvgIpc) is 3.06. The third-order valence-electron chi connectivity index (χ3n) is 4.61. The molecule has 1 aliphatic carbocycles. The van der Waals surface area contributed by atoms with E-state index in [2.05, 4.69) is 10.3 Å². The highest BCUT2D eigenvalue weighted by Crippen LogP contribution is 2.41. The lowest BCUT2D eigenvalue weighted by Gasteiger charge is -2.38. The van der Waals surface area contributed by atoms with Crippen LogP contribution in [0.3, 0.4) is 0 Å². The lowest BCUT2D eigenvalue weighted by atomic mass is 9.74. The van der Waals surface area contributed by atoms with Gasteiger partial charge in [-0.15, -0.1) is 0 Å². The molecule has 7 heteroatoms. The van der Waals surface area contributed by atoms with E-state index < -0.39 is 18.0 Å². The molecule has 1 heterocycles. The Morgan fingerprint density at radius 2 is 2.28 bits per heavy atom. The Bertz CT molecular complexity index is 755. The maximum absolute atomic E-state index is 13.8. The van der Waals surface area contributed by atoms with Gasteiger partial charge in [0.2, 0.25) is 0 Å². The number of amides is 1. The smallest absolute Gasteiger partial charge is 0.274 e. The Kier molecular flexibility index (Phi) is 5.03. The summed E-state index contributed by atoms with van der Waals surface area (Å²) in [6.45, 7) is 1.87. The number of rotatable bonds is 6. The van der Waals surface area contributed by atoms with Crippen LogP contribution in [0, 0.1) is 11.7 Å². The number of hydrogen-bond donors (Lipinski definition) is 2. The predicted molar refractivity (Wildman–Crippen MR) is 87.8 cm³/mol. The van der Waals surface area contributed by atoms with Crippen LogP contribution < -0.4 is 10.1 Å². The van der Waals surface area contributed by atoms with Gasteiger partial charge in [-0.2, -0.15) is 0 Å². The standard InChI is InChI=1S/C18H21FN2O4/c1-3-14-17(20-9-25-14)18(23)21-16(10-6-12(22)7-10)13-8-11(19)4-5-15(13)24-2/h4-5,8-10,12,16,22H,3,6-7H2,1-2H3,(H,21,23). The molecule has 1 unspecified atom stereocenters. The predicted octanol–water partition coefficient (Wildman–Crippen LogP) is 2.63. The summed E-state index contributed by atoms with van der Waals surface area (Å²) in [4.78, 5) is 16.6. The summed E-state index contributed by atoms with van der Waals surface area (Å²) in [7, 11) is 1.50. The number of aliphatic hydroxyl groups is 1. The second-order valence-corrected chi connectivity index (χ2v) is 6.20. The molecule has 1 amide bonds. The summed E-state index contributed by atoms with van der Waals surface area (Å²) in [6, 6.07) is 3.72. The van der Waals surface area contributed by atoms with Crippen molar-refractivity contribution in [3.63, 3.8) is 0 Å². The molecule has 1 fully saturated rings. The van der Waals surface area contributed by atoms with Crippen LogP contribution in [0.1, 0.15) is 47.6 Å². The van der Waals surface area contributed by atoms with Gasteiger partial charge in [0.15, 0.2) is 12.1 Å². The minimum atomic E-state index is -0.483. The monoisotopic (exact) mass is 348 g/mol. The van der Waals surface area contributed by atoms with Gasteiger partial charge in [-0.25, -0.2) is 9.37 Å². The van der Waals surface area contributed by atoms with Gasteiger partial charge in [-0.1, -0.05) is 6.92 Å². The zero-order chi connectivity index (χ0) is 18.0. The fraction of sp³-hybridized carbons (Fsp3) is 0.444. The topological polar surface area (TPSA) is 84.6 Å². The van der Waals surface area contributed by atoms with Gasteiger partial charge < -0.3 is 19.6 Å². The second-order valence-electron chi connectivity index (χ2n) is 6.20. The van der Waals surface area contributed by atoms with Crippen molar-refractivity contribution >= 4 is 5.91 Å². The van der Waals surface area contributed by atoms with E-state index in [1.165, 1.54) is 31.7 Å². The van der Waals surface area contributed by atoms with Crippen LogP contribution in [-0.2, 0) is 6.42 Å². The van der Waals surface area contributed by atoms with Crippen molar-refractivity contribution in [1.29, 1.82) is 0 Å². The quantitative estimate of drug-likeness (QED) is 0.838. The van der Waals surface area contributed by atoms with E-state index in [0.717, 1.165) is 0 Å². The lowest BCUT2D eigenvalue weighted by Crippen LogP contribution is -2.41. The molecule has 6 nitrogen and oxygen atoms in total. The van der Waals surface area contributed by atoms with E-state index in [4.69, 9.17) is 9.15 Å². The van der Waals surface area contributed by atoms with Crippen LogP contribution in [0.15, 0.2) is 29.0 Å². The Balaban J connectivity index is 1.91. The van der Waals surface area contributed by atoms with Crippen molar-refractivity contribution in [3.8, 4) is 5.75 Å². The van der Waals surface area contributed by atoms with Crippen LogP contribution in [-0.4, -0.2) is 29.2 Å². The normalized spacial score (nSPS) is 20.6. The van der Waals surface area contributed by atoms with Crippen LogP contribution in [0.2, 0.25) is 0 Å². The molecule has 1 saturated carbocycles. The Morgan fingerprint density at radius 3 is 2.92 bits per heavy atom. The van der Waals surface area contributed by atoms with Gasteiger partial charge in [0.1, 0.15) is 17.3 Å². The molecule has 2 N–H and O–H groups in total. The number of ether oxygens (including phenoxy) is 1. The Morgan fingerprint density at radius 1 is 1.52 bits per heavy atom. The Labute approximate surface area is 145 Å². The summed E-state index contributed by atoms with van der Waals surface area (Å²) >= 11 is 0. The van der Waals surface area contributed by atoms with E-state index >= 15 is 0 Å². The maximum Gasteiger partial charge on any atom is 0.274 e. The molecule has 0 aliphatic heterocycles. The number of carbonyl (C=O) groups excluding carboxylic acids is 1. The van der Waals surface area contributed by atoms with Crippen LogP contribution in [0.4, 0.5) is 4.39 Å². The van der Waals surface area contributed by atoms with Gasteiger partial charge >= 0.3 is 0 Å². The van der Waals surface area contributed by atoms with E-state index in [1.54, 1.807) is 0 Å². The van der Waals surface area contributed by atoms with Crippen molar-refractivity contribution in [2.24, 2.45) is 5.92 Å². The lowest BCUT2D eigenvalue weighted by molar-refractivity contribution is 0.0230. The minimum absolute atomic E-state index is 0.00775. The number of nitrogens with one attached hydrogen (secondary N) is 1. The molecule has 1 atom stereocenters. The molecular weight excluding hydrogens is 327 g/mol. The minimum Gasteiger partial charge on any atom is -0.496 e. The Hall–Kier alpha value is -2.41. The first-order valence-electron chi connectivity index (χ1n) is 8.28. The maximum atomic E-state index is 13.8. The number of halogens is 1. The van der Waals surface area contributed by atoms with Gasteiger partial charge in [0.05, 0.1) is 19.3 Å². The van der Waals surface area contributed by atoms with Gasteiger partial charge in [0, 0.05) is 12.0 Å². The molecule has 1 aromatic carbocycles. The highest BCUT2D eigenvalue weighted by atomic mass is 19.1. The van der Waals surface area contributed by atoms with Crippen molar-refractivity contribution < 1.29 is 23.4 Å². The largest absolute Gasteiger partial charge is 0.496 e. The first kappa shape index (κ1) is 17.4. The zero-order valence-electron chi connectivity index (χ0n) is 14.2. The number of carbonyl (C=O) groups is 1. The van der Waals surface area contributed by atoms with Crippen LogP contribution in [0.25, 0.3) is 0 Å². The van der Waals surface area contributed by atoms with Crippen LogP contribution in [0.5, 0.6) is 5.75 Å². The van der Waals surface area contributed by atoms with E-state index in [0.29, 0.717) is 36.3 Å². The number of aliphatic hydroxyl groups excluding tert-OH is 1. The second kappa shape index (κ2) is 7.23. The molecule has 0 radical (unpaired) electrons. The average molecular weight is 348 g/mol. The van der Waals surface area contributed by atoms with E-state index in [1.807, 2.05) is 6.92 Å². The fourth-order valence-corrected chi connectivity index (χ4v) is 3.22. The zero-order valence-corrected chi connectivity index (χ0v) is 14.2. The molecule has 2 aromatic rings. The molecule has 3 rings (SSSR count). The number of nitrogens with zero attached hydrogens (tertiary/aromatic N) is 1. The molecular formula is C18H21FN2O4. The molecule has 134 valence electrons. The van der Waals surface area contributed by atoms with Crippen molar-refractivity contribution in [1.82, 2.24) is 10.3 Å². The molecule has 0 bridgehead atoms. The number of hydrogen-bond acceptors (Lipinski definition) is 5. The van der Waals surface area contributed by atoms with Crippen molar-refractivity contribution in [3.05, 3.63) is 47.4 Å². The molecule has 0 spiro atoms. The van der Waals surface area contributed by atoms with Gasteiger partial charge in [-0.05, 0) is 37.0 Å². The first-order valence-corrected chi connectivity index (χ1v) is 8.28. The van der Waals surface area contributed by atoms with Gasteiger partial charge in [0.25, 0.3) is 5.91 Å². The number of aromatic nitrogens is 1. The van der Waals surface area contributed by atoms with Crippen molar-refractivity contribution in [2.75, 3.05) is 7.11 Å². The summed E-state index contributed by atoms with van der Waals surface area (Å²) in [5.74, 6) is 0.181. The summed E-state index contributed by atoms with van der Waals surface area (Å²) < 4.78 is 24.3. The van der Waals surface area contributed by atoms with E-state index in [-0.39, 0.29) is 17.5 Å². The summed E-state index contributed by atoms with van der Waals surface area (Å²) in [5.41, 5.74) is 0.775. The fourth-order valence-electron chi connectivity index (χ4n) is 3.22. The molecule has 25 heavy (non-hydrogen) atoms. The number of benzene rings is 1. The number of methoxy groups -OCH3 is 1. The highest BCUT2D eigenvalue weighted by Gasteiger charge is 2.37. The summed E-state index contributed by atoms with van der Waals surface area (Å²) in [6.07, 6.45) is 2.44. The molecule has 1 aromatic heterocycles. The van der Waals surface area contributed by atoms with E-state index in [9.17, 15) is 14.3 Å². The third-order valence-corrected chi connectivity index (χ3v) is 4.61. The van der Waals surface area contributed by atoms with Crippen LogP contribution >= 0.6 is 0 Å². The highest BCUT2D eigenvalue weighted by molar-refractivity contribution is 5.93. The third kappa shape index (κ3) is 3.51. The summed E-state index contributed by atoms with van der Waals surface area (Å²) in [5, 5.41) is 12.6. The molecule has 1 aliphatic rings.